The number of hydrogen-bond donors (Lipinski definition) is 0. The van der Waals surface area contributed by atoms with Crippen molar-refractivity contribution in [2.24, 2.45) is 5.92 Å². The van der Waals surface area contributed by atoms with Crippen molar-refractivity contribution in [1.82, 2.24) is 4.31 Å². The molecule has 0 saturated carbocycles. The second-order valence-electron chi connectivity index (χ2n) is 3.38. The van der Waals surface area contributed by atoms with Gasteiger partial charge in [0.05, 0.1) is 0 Å². The van der Waals surface area contributed by atoms with Gasteiger partial charge in [-0.05, 0) is 5.92 Å². The van der Waals surface area contributed by atoms with E-state index >= 15 is 0 Å². The molecule has 0 bridgehead atoms. The zero-order valence-electron chi connectivity index (χ0n) is 8.98. The molecule has 14 heavy (non-hydrogen) atoms. The van der Waals surface area contributed by atoms with Gasteiger partial charge in [0.1, 0.15) is 0 Å². The Balaban J connectivity index is 4.58. The lowest BCUT2D eigenvalue weighted by Gasteiger charge is -2.20. The van der Waals surface area contributed by atoms with Gasteiger partial charge in [-0.15, -0.1) is 0 Å². The number of carbonyl (C=O) groups excluding carboxylic acids is 1. The first kappa shape index (κ1) is 13.4. The summed E-state index contributed by atoms with van der Waals surface area (Å²) in [5.41, 5.74) is 0. The molecule has 0 amide bonds. The van der Waals surface area contributed by atoms with Crippen LogP contribution in [0, 0.1) is 5.92 Å². The molecule has 0 heterocycles. The Hall–Kier alpha value is -0.620. The number of hydrogen-bond acceptors (Lipinski definition) is 4. The van der Waals surface area contributed by atoms with Gasteiger partial charge in [-0.1, -0.05) is 20.8 Å². The van der Waals surface area contributed by atoms with Crippen LogP contribution in [-0.2, 0) is 19.3 Å². The number of carbonyl (C=O) groups is 1. The van der Waals surface area contributed by atoms with Crippen molar-refractivity contribution in [3.8, 4) is 0 Å². The summed E-state index contributed by atoms with van der Waals surface area (Å²) in [5, 5.41) is 0. The van der Waals surface area contributed by atoms with Crippen LogP contribution in [0.4, 0.5) is 0 Å². The van der Waals surface area contributed by atoms with Gasteiger partial charge in [-0.3, -0.25) is 4.79 Å². The molecule has 0 N–H and O–H groups in total. The zero-order chi connectivity index (χ0) is 11.4. The molecule has 0 rings (SSSR count). The second-order valence-corrected chi connectivity index (χ2v) is 4.92. The Morgan fingerprint density at radius 3 is 2.21 bits per heavy atom. The summed E-state index contributed by atoms with van der Waals surface area (Å²) in [6, 6.07) is 0. The third-order valence-corrected chi connectivity index (χ3v) is 2.95. The van der Waals surface area contributed by atoms with E-state index in [4.69, 9.17) is 0 Å². The molecule has 0 aromatic carbocycles. The maximum atomic E-state index is 11.4. The minimum Gasteiger partial charge on any atom is -0.334 e. The Labute approximate surface area is 85.3 Å². The number of rotatable bonds is 5. The maximum Gasteiger partial charge on any atom is 0.387 e. The van der Waals surface area contributed by atoms with Crippen LogP contribution >= 0.6 is 0 Å². The summed E-state index contributed by atoms with van der Waals surface area (Å²) in [4.78, 5) is 10.5. The SMILES string of the molecule is CCN(CC(C)C)S(=O)(=O)OC(C)=O. The average molecular weight is 223 g/mol. The molecule has 0 spiro atoms. The molecule has 0 unspecified atom stereocenters. The minimum atomic E-state index is -3.88. The van der Waals surface area contributed by atoms with Crippen molar-refractivity contribution in [2.75, 3.05) is 13.1 Å². The summed E-state index contributed by atoms with van der Waals surface area (Å²) >= 11 is 0. The van der Waals surface area contributed by atoms with E-state index in [1.165, 1.54) is 0 Å². The van der Waals surface area contributed by atoms with Crippen molar-refractivity contribution in [1.29, 1.82) is 0 Å². The molecule has 0 aromatic rings. The lowest BCUT2D eigenvalue weighted by Crippen LogP contribution is -2.36. The molecule has 0 aromatic heterocycles. The van der Waals surface area contributed by atoms with Gasteiger partial charge in [0.15, 0.2) is 0 Å². The fourth-order valence-corrected chi connectivity index (χ4v) is 2.19. The first-order valence-corrected chi connectivity index (χ1v) is 5.86. The van der Waals surface area contributed by atoms with Gasteiger partial charge in [0.2, 0.25) is 0 Å². The Bertz CT molecular complexity index is 284. The fraction of sp³-hybridized carbons (Fsp3) is 0.875. The quantitative estimate of drug-likeness (QED) is 0.690. The molecule has 0 aliphatic heterocycles. The molecule has 6 heteroatoms. The number of nitrogens with zero attached hydrogens (tertiary/aromatic N) is 1. The van der Waals surface area contributed by atoms with Gasteiger partial charge >= 0.3 is 16.3 Å². The van der Waals surface area contributed by atoms with Crippen LogP contribution < -0.4 is 0 Å². The van der Waals surface area contributed by atoms with Gasteiger partial charge < -0.3 is 4.18 Å². The highest BCUT2D eigenvalue weighted by atomic mass is 32.2. The third kappa shape index (κ3) is 4.57. The molecule has 0 aliphatic carbocycles. The highest BCUT2D eigenvalue weighted by molar-refractivity contribution is 7.84. The van der Waals surface area contributed by atoms with E-state index in [2.05, 4.69) is 4.18 Å². The molecule has 0 radical (unpaired) electrons. The van der Waals surface area contributed by atoms with Crippen LogP contribution in [0.1, 0.15) is 27.7 Å². The minimum absolute atomic E-state index is 0.195. The third-order valence-electron chi connectivity index (χ3n) is 1.46. The first-order valence-electron chi connectivity index (χ1n) is 4.49. The largest absolute Gasteiger partial charge is 0.387 e. The summed E-state index contributed by atoms with van der Waals surface area (Å²) in [5.74, 6) is -0.618. The smallest absolute Gasteiger partial charge is 0.334 e. The molecule has 0 atom stereocenters. The molecule has 0 fully saturated rings. The van der Waals surface area contributed by atoms with Crippen LogP contribution in [0.3, 0.4) is 0 Å². The second kappa shape index (κ2) is 5.31. The summed E-state index contributed by atoms with van der Waals surface area (Å²) < 4.78 is 28.2. The van der Waals surface area contributed by atoms with Crippen molar-refractivity contribution in [3.05, 3.63) is 0 Å². The van der Waals surface area contributed by atoms with Crippen molar-refractivity contribution in [3.63, 3.8) is 0 Å². The predicted molar refractivity (Wildman–Crippen MR) is 52.8 cm³/mol. The summed E-state index contributed by atoms with van der Waals surface area (Å²) in [7, 11) is -3.88. The molecular formula is C8H17NO4S. The van der Waals surface area contributed by atoms with E-state index in [1.54, 1.807) is 6.92 Å². The first-order chi connectivity index (χ1) is 6.29. The van der Waals surface area contributed by atoms with Gasteiger partial charge in [-0.25, -0.2) is 0 Å². The zero-order valence-corrected chi connectivity index (χ0v) is 9.80. The lowest BCUT2D eigenvalue weighted by molar-refractivity contribution is -0.131. The van der Waals surface area contributed by atoms with Gasteiger partial charge in [-0.2, -0.15) is 12.7 Å². The highest BCUT2D eigenvalue weighted by Gasteiger charge is 2.24. The van der Waals surface area contributed by atoms with Crippen molar-refractivity contribution >= 4 is 16.3 Å². The van der Waals surface area contributed by atoms with E-state index in [1.807, 2.05) is 13.8 Å². The Kier molecular flexibility index (Phi) is 5.07. The molecule has 0 saturated heterocycles. The standard InChI is InChI=1S/C8H17NO4S/c1-5-9(6-7(2)3)14(11,12)13-8(4)10/h7H,5-6H2,1-4H3. The Morgan fingerprint density at radius 2 is 1.93 bits per heavy atom. The summed E-state index contributed by atoms with van der Waals surface area (Å²) in [6.07, 6.45) is 0. The van der Waals surface area contributed by atoms with Crippen LogP contribution in [0.5, 0.6) is 0 Å². The van der Waals surface area contributed by atoms with Crippen LogP contribution in [0.2, 0.25) is 0 Å². The molecule has 84 valence electrons. The average Bonchev–Trinajstić information content (AvgIpc) is 1.96. The monoisotopic (exact) mass is 223 g/mol. The predicted octanol–water partition coefficient (Wildman–Crippen LogP) is 0.772. The van der Waals surface area contributed by atoms with Gasteiger partial charge in [0, 0.05) is 20.0 Å². The Morgan fingerprint density at radius 1 is 1.43 bits per heavy atom. The molecular weight excluding hydrogens is 206 g/mol. The topological polar surface area (TPSA) is 63.7 Å². The van der Waals surface area contributed by atoms with Crippen LogP contribution in [0.15, 0.2) is 0 Å². The van der Waals surface area contributed by atoms with Gasteiger partial charge in [0.25, 0.3) is 0 Å². The normalized spacial score (nSPS) is 12.1. The molecule has 0 aliphatic rings. The maximum absolute atomic E-state index is 11.4. The highest BCUT2D eigenvalue weighted by Crippen LogP contribution is 2.07. The van der Waals surface area contributed by atoms with Crippen LogP contribution in [0.25, 0.3) is 0 Å². The van der Waals surface area contributed by atoms with E-state index in [9.17, 15) is 13.2 Å². The van der Waals surface area contributed by atoms with E-state index in [-0.39, 0.29) is 5.92 Å². The van der Waals surface area contributed by atoms with Crippen LogP contribution in [-0.4, -0.2) is 31.8 Å². The lowest BCUT2D eigenvalue weighted by atomic mass is 10.2. The van der Waals surface area contributed by atoms with E-state index < -0.39 is 16.3 Å². The van der Waals surface area contributed by atoms with Crippen molar-refractivity contribution in [2.45, 2.75) is 27.7 Å². The van der Waals surface area contributed by atoms with Crippen molar-refractivity contribution < 1.29 is 17.4 Å². The van der Waals surface area contributed by atoms with E-state index in [0.29, 0.717) is 13.1 Å². The fourth-order valence-electron chi connectivity index (χ4n) is 0.987. The molecule has 5 nitrogen and oxygen atoms in total. The van der Waals surface area contributed by atoms with E-state index in [0.717, 1.165) is 11.2 Å². The summed E-state index contributed by atoms with van der Waals surface area (Å²) in [6.45, 7) is 7.21.